The maximum Gasteiger partial charge on any atom is 0.293 e. The molecule has 0 fully saturated rings. The molecule has 0 saturated carbocycles. The Kier molecular flexibility index (Phi) is 2.57. The molecular weight excluding hydrogens is 244 g/mol. The van der Waals surface area contributed by atoms with Gasteiger partial charge in [0.15, 0.2) is 0 Å². The summed E-state index contributed by atoms with van der Waals surface area (Å²) >= 11 is 0. The van der Waals surface area contributed by atoms with E-state index in [0.717, 1.165) is 10.9 Å². The highest BCUT2D eigenvalue weighted by Crippen LogP contribution is 2.16. The van der Waals surface area contributed by atoms with Gasteiger partial charge in [-0.25, -0.2) is 0 Å². The molecule has 7 nitrogen and oxygen atoms in total. The van der Waals surface area contributed by atoms with Crippen molar-refractivity contribution in [3.63, 3.8) is 0 Å². The predicted molar refractivity (Wildman–Crippen MR) is 70.5 cm³/mol. The number of para-hydroxylation sites is 1. The quantitative estimate of drug-likeness (QED) is 0.636. The first-order chi connectivity index (χ1) is 9.22. The van der Waals surface area contributed by atoms with Gasteiger partial charge in [-0.15, -0.1) is 5.10 Å². The van der Waals surface area contributed by atoms with Crippen LogP contribution in [-0.2, 0) is 0 Å². The SMILES string of the molecule is Nc1n[nH]c(C(=O)Nc2cnc3ccccc3c2)n1. The Labute approximate surface area is 107 Å². The first kappa shape index (κ1) is 11.1. The van der Waals surface area contributed by atoms with Crippen LogP contribution in [0.1, 0.15) is 10.6 Å². The molecule has 1 amide bonds. The molecule has 4 N–H and O–H groups in total. The molecule has 3 rings (SSSR count). The summed E-state index contributed by atoms with van der Waals surface area (Å²) in [6.45, 7) is 0. The van der Waals surface area contributed by atoms with Crippen LogP contribution >= 0.6 is 0 Å². The van der Waals surface area contributed by atoms with E-state index in [1.807, 2.05) is 30.3 Å². The third kappa shape index (κ3) is 2.21. The van der Waals surface area contributed by atoms with Gasteiger partial charge in [-0.05, 0) is 12.1 Å². The molecule has 0 saturated heterocycles. The summed E-state index contributed by atoms with van der Waals surface area (Å²) < 4.78 is 0. The van der Waals surface area contributed by atoms with Gasteiger partial charge in [0, 0.05) is 5.39 Å². The van der Waals surface area contributed by atoms with Crippen LogP contribution in [0, 0.1) is 0 Å². The second-order valence-corrected chi connectivity index (χ2v) is 3.91. The number of nitrogen functional groups attached to an aromatic ring is 1. The molecule has 2 heterocycles. The van der Waals surface area contributed by atoms with Crippen LogP contribution < -0.4 is 11.1 Å². The van der Waals surface area contributed by atoms with E-state index >= 15 is 0 Å². The average Bonchev–Trinajstić information content (AvgIpc) is 2.85. The number of fused-ring (bicyclic) bond motifs is 1. The molecular formula is C12H10N6O. The van der Waals surface area contributed by atoms with E-state index in [2.05, 4.69) is 25.5 Å². The molecule has 1 aromatic carbocycles. The molecule has 0 aliphatic heterocycles. The van der Waals surface area contributed by atoms with Crippen LogP contribution in [0.15, 0.2) is 36.5 Å². The number of carbonyl (C=O) groups is 1. The fourth-order valence-electron chi connectivity index (χ4n) is 1.71. The Morgan fingerprint density at radius 1 is 1.32 bits per heavy atom. The summed E-state index contributed by atoms with van der Waals surface area (Å²) in [5, 5.41) is 9.65. The van der Waals surface area contributed by atoms with Crippen LogP contribution in [0.4, 0.5) is 11.6 Å². The number of hydrogen-bond donors (Lipinski definition) is 3. The van der Waals surface area contributed by atoms with Crippen LogP contribution in [0.5, 0.6) is 0 Å². The fraction of sp³-hybridized carbons (Fsp3) is 0. The molecule has 3 aromatic rings. The van der Waals surface area contributed by atoms with E-state index in [1.165, 1.54) is 0 Å². The van der Waals surface area contributed by atoms with Crippen molar-refractivity contribution in [2.75, 3.05) is 11.1 Å². The highest BCUT2D eigenvalue weighted by Gasteiger charge is 2.11. The average molecular weight is 254 g/mol. The molecule has 94 valence electrons. The van der Waals surface area contributed by atoms with Crippen molar-refractivity contribution in [2.24, 2.45) is 0 Å². The molecule has 0 atom stereocenters. The van der Waals surface area contributed by atoms with Gasteiger partial charge in [0.25, 0.3) is 5.91 Å². The number of carbonyl (C=O) groups excluding carboxylic acids is 1. The highest BCUT2D eigenvalue weighted by atomic mass is 16.2. The third-order valence-corrected chi connectivity index (χ3v) is 2.57. The number of aromatic amines is 1. The van der Waals surface area contributed by atoms with E-state index < -0.39 is 5.91 Å². The normalized spacial score (nSPS) is 10.5. The van der Waals surface area contributed by atoms with E-state index in [1.54, 1.807) is 6.20 Å². The lowest BCUT2D eigenvalue weighted by atomic mass is 10.2. The number of benzene rings is 1. The predicted octanol–water partition coefficient (Wildman–Crippen LogP) is 1.19. The highest BCUT2D eigenvalue weighted by molar-refractivity contribution is 6.02. The molecule has 7 heteroatoms. The van der Waals surface area contributed by atoms with Gasteiger partial charge >= 0.3 is 0 Å². The van der Waals surface area contributed by atoms with Crippen LogP contribution in [0.3, 0.4) is 0 Å². The van der Waals surface area contributed by atoms with Crippen LogP contribution in [-0.4, -0.2) is 26.1 Å². The number of nitrogens with one attached hydrogen (secondary N) is 2. The van der Waals surface area contributed by atoms with Gasteiger partial charge in [0.1, 0.15) is 0 Å². The second kappa shape index (κ2) is 4.37. The second-order valence-electron chi connectivity index (χ2n) is 3.91. The number of hydrogen-bond acceptors (Lipinski definition) is 5. The lowest BCUT2D eigenvalue weighted by molar-refractivity contribution is 0.101. The largest absolute Gasteiger partial charge is 0.366 e. The number of nitrogens with zero attached hydrogens (tertiary/aromatic N) is 3. The van der Waals surface area contributed by atoms with Crippen molar-refractivity contribution in [3.8, 4) is 0 Å². The third-order valence-electron chi connectivity index (χ3n) is 2.57. The summed E-state index contributed by atoms with van der Waals surface area (Å²) in [7, 11) is 0. The lowest BCUT2D eigenvalue weighted by Gasteiger charge is -2.03. The summed E-state index contributed by atoms with van der Waals surface area (Å²) in [4.78, 5) is 19.8. The van der Waals surface area contributed by atoms with Crippen LogP contribution in [0.25, 0.3) is 10.9 Å². The zero-order valence-electron chi connectivity index (χ0n) is 9.79. The Balaban J connectivity index is 1.87. The number of pyridine rings is 1. The number of rotatable bonds is 2. The van der Waals surface area contributed by atoms with Crippen LogP contribution in [0.2, 0.25) is 0 Å². The lowest BCUT2D eigenvalue weighted by Crippen LogP contribution is -2.14. The van der Waals surface area contributed by atoms with Crippen molar-refractivity contribution in [1.82, 2.24) is 20.2 Å². The van der Waals surface area contributed by atoms with Crippen molar-refractivity contribution in [1.29, 1.82) is 0 Å². The standard InChI is InChI=1S/C12H10N6O/c13-12-16-10(17-18-12)11(19)15-8-5-7-3-1-2-4-9(7)14-6-8/h1-6H,(H,15,19)(H3,13,16,17,18). The molecule has 0 aliphatic carbocycles. The van der Waals surface area contributed by atoms with E-state index in [9.17, 15) is 4.79 Å². The van der Waals surface area contributed by atoms with Crippen molar-refractivity contribution in [3.05, 3.63) is 42.4 Å². The summed E-state index contributed by atoms with van der Waals surface area (Å²) in [6, 6.07) is 9.47. The number of aromatic nitrogens is 4. The van der Waals surface area contributed by atoms with Gasteiger partial charge < -0.3 is 11.1 Å². The molecule has 0 bridgehead atoms. The minimum Gasteiger partial charge on any atom is -0.366 e. The zero-order chi connectivity index (χ0) is 13.2. The Hall–Kier alpha value is -2.96. The Morgan fingerprint density at radius 2 is 2.16 bits per heavy atom. The van der Waals surface area contributed by atoms with Gasteiger partial charge in [-0.2, -0.15) is 4.98 Å². The van der Waals surface area contributed by atoms with Gasteiger partial charge in [0.05, 0.1) is 17.4 Å². The van der Waals surface area contributed by atoms with Crippen molar-refractivity contribution < 1.29 is 4.79 Å². The van der Waals surface area contributed by atoms with Crippen molar-refractivity contribution in [2.45, 2.75) is 0 Å². The van der Waals surface area contributed by atoms with Gasteiger partial charge in [-0.3, -0.25) is 14.9 Å². The number of amides is 1. The molecule has 19 heavy (non-hydrogen) atoms. The number of H-pyrrole nitrogens is 1. The molecule has 0 unspecified atom stereocenters. The topological polar surface area (TPSA) is 110 Å². The smallest absolute Gasteiger partial charge is 0.293 e. The maximum atomic E-state index is 11.8. The maximum absolute atomic E-state index is 11.8. The van der Waals surface area contributed by atoms with E-state index in [-0.39, 0.29) is 11.8 Å². The Bertz CT molecular complexity index is 751. The fourth-order valence-corrected chi connectivity index (χ4v) is 1.71. The monoisotopic (exact) mass is 254 g/mol. The first-order valence-corrected chi connectivity index (χ1v) is 5.56. The zero-order valence-corrected chi connectivity index (χ0v) is 9.79. The summed E-state index contributed by atoms with van der Waals surface area (Å²) in [5.74, 6) is -0.325. The number of anilines is 2. The van der Waals surface area contributed by atoms with E-state index in [4.69, 9.17) is 5.73 Å². The minimum absolute atomic E-state index is 0.0294. The van der Waals surface area contributed by atoms with Gasteiger partial charge in [-0.1, -0.05) is 18.2 Å². The number of nitrogens with two attached hydrogens (primary N) is 1. The summed E-state index contributed by atoms with van der Waals surface area (Å²) in [6.07, 6.45) is 1.58. The molecule has 0 spiro atoms. The summed E-state index contributed by atoms with van der Waals surface area (Å²) in [5.41, 5.74) is 6.79. The minimum atomic E-state index is -0.415. The molecule has 2 aromatic heterocycles. The van der Waals surface area contributed by atoms with E-state index in [0.29, 0.717) is 5.69 Å². The molecule has 0 aliphatic rings. The van der Waals surface area contributed by atoms with Gasteiger partial charge in [0.2, 0.25) is 11.8 Å². The Morgan fingerprint density at radius 3 is 2.95 bits per heavy atom. The molecule has 0 radical (unpaired) electrons. The first-order valence-electron chi connectivity index (χ1n) is 5.56. The van der Waals surface area contributed by atoms with Crippen molar-refractivity contribution >= 4 is 28.4 Å².